The highest BCUT2D eigenvalue weighted by atomic mass is 16.6. The molecule has 0 fully saturated rings. The minimum Gasteiger partial charge on any atom is -0.468 e. The van der Waals surface area contributed by atoms with Crippen LogP contribution in [0, 0.1) is 5.92 Å². The van der Waals surface area contributed by atoms with Crippen LogP contribution in [0.3, 0.4) is 0 Å². The monoisotopic (exact) mass is 371 g/mol. The van der Waals surface area contributed by atoms with Crippen molar-refractivity contribution in [3.05, 3.63) is 65.7 Å². The van der Waals surface area contributed by atoms with Crippen molar-refractivity contribution in [2.45, 2.75) is 13.0 Å². The summed E-state index contributed by atoms with van der Waals surface area (Å²) in [7, 11) is 2.43. The summed E-state index contributed by atoms with van der Waals surface area (Å²) in [4.78, 5) is 35.4. The summed E-state index contributed by atoms with van der Waals surface area (Å²) >= 11 is 0. The number of hydrogen-bond donors (Lipinski definition) is 1. The van der Waals surface area contributed by atoms with Gasteiger partial charge < -0.3 is 14.2 Å². The van der Waals surface area contributed by atoms with E-state index in [2.05, 4.69) is 14.8 Å². The van der Waals surface area contributed by atoms with Crippen molar-refractivity contribution < 1.29 is 28.6 Å². The number of nitrogens with one attached hydrogen (secondary N) is 1. The first-order chi connectivity index (χ1) is 13.0. The Morgan fingerprint density at radius 1 is 0.889 bits per heavy atom. The Balaban J connectivity index is 1.96. The van der Waals surface area contributed by atoms with Crippen molar-refractivity contribution in [1.29, 1.82) is 0 Å². The van der Waals surface area contributed by atoms with E-state index >= 15 is 0 Å². The lowest BCUT2D eigenvalue weighted by Gasteiger charge is -2.13. The van der Waals surface area contributed by atoms with Crippen LogP contribution in [0.5, 0.6) is 0 Å². The van der Waals surface area contributed by atoms with Gasteiger partial charge in [-0.2, -0.15) is 0 Å². The van der Waals surface area contributed by atoms with Crippen LogP contribution in [0.1, 0.15) is 11.1 Å². The molecule has 7 heteroatoms. The molecule has 142 valence electrons. The summed E-state index contributed by atoms with van der Waals surface area (Å²) in [6, 6.07) is 16.0. The fourth-order valence-corrected chi connectivity index (χ4v) is 2.45. The number of ether oxygens (including phenoxy) is 3. The Labute approximate surface area is 157 Å². The second kappa shape index (κ2) is 9.96. The zero-order valence-electron chi connectivity index (χ0n) is 15.1. The number of rotatable bonds is 7. The van der Waals surface area contributed by atoms with Crippen molar-refractivity contribution in [2.24, 2.45) is 5.92 Å². The lowest BCUT2D eigenvalue weighted by Crippen LogP contribution is -2.28. The van der Waals surface area contributed by atoms with Crippen LogP contribution in [0.4, 0.5) is 10.5 Å². The molecule has 0 bridgehead atoms. The number of benzene rings is 2. The fraction of sp³-hybridized carbons (Fsp3) is 0.250. The van der Waals surface area contributed by atoms with Gasteiger partial charge >= 0.3 is 18.0 Å². The number of amides is 1. The Bertz CT molecular complexity index is 774. The molecule has 2 aromatic carbocycles. The van der Waals surface area contributed by atoms with E-state index in [9.17, 15) is 14.4 Å². The summed E-state index contributed by atoms with van der Waals surface area (Å²) in [6.45, 7) is 0.0492. The van der Waals surface area contributed by atoms with E-state index < -0.39 is 23.9 Å². The molecule has 0 atom stereocenters. The Kier molecular flexibility index (Phi) is 7.37. The molecule has 27 heavy (non-hydrogen) atoms. The van der Waals surface area contributed by atoms with Gasteiger partial charge in [0.1, 0.15) is 6.61 Å². The highest BCUT2D eigenvalue weighted by Crippen LogP contribution is 2.15. The standard InChI is InChI=1S/C20H21NO6/c1-25-18(22)17(19(23)26-2)12-14-7-6-8-15(11-14)13-27-20(24)21-16-9-4-3-5-10-16/h3-11,17H,12-13H2,1-2H3,(H,21,24). The molecule has 0 saturated heterocycles. The third-order valence-corrected chi connectivity index (χ3v) is 3.79. The minimum atomic E-state index is -1.04. The van der Waals surface area contributed by atoms with Crippen molar-refractivity contribution >= 4 is 23.7 Å². The summed E-state index contributed by atoms with van der Waals surface area (Å²) in [5.74, 6) is -2.37. The lowest BCUT2D eigenvalue weighted by molar-refractivity contribution is -0.158. The molecule has 7 nitrogen and oxygen atoms in total. The number of carbonyl (C=O) groups is 3. The van der Waals surface area contributed by atoms with E-state index in [0.29, 0.717) is 5.69 Å². The summed E-state index contributed by atoms with van der Waals surface area (Å²) < 4.78 is 14.5. The molecule has 2 rings (SSSR count). The van der Waals surface area contributed by atoms with E-state index in [1.165, 1.54) is 14.2 Å². The van der Waals surface area contributed by atoms with Gasteiger partial charge in [0.25, 0.3) is 0 Å². The molecule has 0 aliphatic rings. The zero-order chi connectivity index (χ0) is 19.6. The summed E-state index contributed by atoms with van der Waals surface area (Å²) in [6.07, 6.45) is -0.447. The van der Waals surface area contributed by atoms with Gasteiger partial charge in [0.15, 0.2) is 5.92 Å². The molecule has 0 aliphatic heterocycles. The van der Waals surface area contributed by atoms with Crippen LogP contribution in [0.25, 0.3) is 0 Å². The molecule has 0 spiro atoms. The third-order valence-electron chi connectivity index (χ3n) is 3.79. The smallest absolute Gasteiger partial charge is 0.411 e. The quantitative estimate of drug-likeness (QED) is 0.457. The van der Waals surface area contributed by atoms with Gasteiger partial charge in [-0.15, -0.1) is 0 Å². The SMILES string of the molecule is COC(=O)C(Cc1cccc(COC(=O)Nc2ccccc2)c1)C(=O)OC. The number of anilines is 1. The van der Waals surface area contributed by atoms with Crippen LogP contribution in [-0.4, -0.2) is 32.3 Å². The van der Waals surface area contributed by atoms with E-state index in [4.69, 9.17) is 4.74 Å². The van der Waals surface area contributed by atoms with Gasteiger partial charge in [-0.1, -0.05) is 42.5 Å². The van der Waals surface area contributed by atoms with Gasteiger partial charge in [0, 0.05) is 5.69 Å². The van der Waals surface area contributed by atoms with Gasteiger partial charge in [-0.3, -0.25) is 14.9 Å². The van der Waals surface area contributed by atoms with Gasteiger partial charge in [0.2, 0.25) is 0 Å². The number of para-hydroxylation sites is 1. The van der Waals surface area contributed by atoms with Gasteiger partial charge in [0.05, 0.1) is 14.2 Å². The number of methoxy groups -OCH3 is 2. The Morgan fingerprint density at radius 3 is 2.15 bits per heavy atom. The van der Waals surface area contributed by atoms with Crippen molar-refractivity contribution in [3.63, 3.8) is 0 Å². The molecule has 0 unspecified atom stereocenters. The highest BCUT2D eigenvalue weighted by molar-refractivity contribution is 5.95. The van der Waals surface area contributed by atoms with Crippen LogP contribution in [-0.2, 0) is 36.8 Å². The van der Waals surface area contributed by atoms with E-state index in [0.717, 1.165) is 11.1 Å². The maximum atomic E-state index is 11.8. The van der Waals surface area contributed by atoms with Crippen LogP contribution >= 0.6 is 0 Å². The van der Waals surface area contributed by atoms with E-state index in [1.807, 2.05) is 6.07 Å². The predicted molar refractivity (Wildman–Crippen MR) is 97.9 cm³/mol. The average molecular weight is 371 g/mol. The van der Waals surface area contributed by atoms with Crippen molar-refractivity contribution in [2.75, 3.05) is 19.5 Å². The first kappa shape index (κ1) is 20.0. The van der Waals surface area contributed by atoms with E-state index in [-0.39, 0.29) is 13.0 Å². The highest BCUT2D eigenvalue weighted by Gasteiger charge is 2.28. The minimum absolute atomic E-state index is 0.0492. The normalized spacial score (nSPS) is 10.2. The van der Waals surface area contributed by atoms with Crippen LogP contribution < -0.4 is 5.32 Å². The maximum Gasteiger partial charge on any atom is 0.411 e. The Hall–Kier alpha value is -3.35. The van der Waals surface area contributed by atoms with Gasteiger partial charge in [-0.05, 0) is 29.7 Å². The third kappa shape index (κ3) is 6.14. The second-order valence-electron chi connectivity index (χ2n) is 5.69. The van der Waals surface area contributed by atoms with Crippen molar-refractivity contribution in [1.82, 2.24) is 0 Å². The van der Waals surface area contributed by atoms with E-state index in [1.54, 1.807) is 48.5 Å². The molecule has 2 aromatic rings. The Morgan fingerprint density at radius 2 is 1.52 bits per heavy atom. The number of esters is 2. The topological polar surface area (TPSA) is 90.9 Å². The summed E-state index contributed by atoms with van der Waals surface area (Å²) in [5, 5.41) is 2.62. The molecular formula is C20H21NO6. The first-order valence-corrected chi connectivity index (χ1v) is 8.25. The molecule has 1 N–H and O–H groups in total. The molecule has 0 aliphatic carbocycles. The maximum absolute atomic E-state index is 11.8. The molecular weight excluding hydrogens is 350 g/mol. The molecule has 1 amide bonds. The predicted octanol–water partition coefficient (Wildman–Crippen LogP) is 2.94. The average Bonchev–Trinajstić information content (AvgIpc) is 2.70. The van der Waals surface area contributed by atoms with Crippen molar-refractivity contribution in [3.8, 4) is 0 Å². The molecule has 0 aromatic heterocycles. The number of hydrogen-bond acceptors (Lipinski definition) is 6. The second-order valence-corrected chi connectivity index (χ2v) is 5.69. The van der Waals surface area contributed by atoms with Crippen LogP contribution in [0.2, 0.25) is 0 Å². The lowest BCUT2D eigenvalue weighted by atomic mass is 9.98. The first-order valence-electron chi connectivity index (χ1n) is 8.25. The number of carbonyl (C=O) groups excluding carboxylic acids is 3. The fourth-order valence-electron chi connectivity index (χ4n) is 2.45. The molecule has 0 heterocycles. The molecule has 0 saturated carbocycles. The molecule has 0 radical (unpaired) electrons. The van der Waals surface area contributed by atoms with Crippen LogP contribution in [0.15, 0.2) is 54.6 Å². The zero-order valence-corrected chi connectivity index (χ0v) is 15.1. The van der Waals surface area contributed by atoms with Gasteiger partial charge in [-0.25, -0.2) is 4.79 Å². The summed E-state index contributed by atoms with van der Waals surface area (Å²) in [5.41, 5.74) is 2.08. The largest absolute Gasteiger partial charge is 0.468 e.